The third kappa shape index (κ3) is 2.63. The molecule has 1 aromatic rings. The number of benzene rings is 1. The summed E-state index contributed by atoms with van der Waals surface area (Å²) in [7, 11) is 0. The number of rotatable bonds is 2. The molecule has 0 N–H and O–H groups in total. The van der Waals surface area contributed by atoms with Gasteiger partial charge < -0.3 is 0 Å². The van der Waals surface area contributed by atoms with Crippen LogP contribution >= 0.6 is 11.8 Å². The SMILES string of the molecule is Cc1ccc(C(=O)C2CCCCS2)cc1. The molecule has 1 saturated heterocycles. The van der Waals surface area contributed by atoms with Gasteiger partial charge in [-0.1, -0.05) is 36.2 Å². The summed E-state index contributed by atoms with van der Waals surface area (Å²) in [6, 6.07) is 7.93. The third-order valence-electron chi connectivity index (χ3n) is 2.81. The van der Waals surface area contributed by atoms with Gasteiger partial charge in [0.25, 0.3) is 0 Å². The Morgan fingerprint density at radius 1 is 1.27 bits per heavy atom. The number of thioether (sulfide) groups is 1. The number of hydrogen-bond acceptors (Lipinski definition) is 2. The fraction of sp³-hybridized carbons (Fsp3) is 0.462. The summed E-state index contributed by atoms with van der Waals surface area (Å²) >= 11 is 1.82. The zero-order valence-electron chi connectivity index (χ0n) is 9.03. The van der Waals surface area contributed by atoms with Crippen molar-refractivity contribution >= 4 is 17.5 Å². The van der Waals surface area contributed by atoms with E-state index < -0.39 is 0 Å². The Kier molecular flexibility index (Phi) is 3.47. The minimum Gasteiger partial charge on any atom is -0.293 e. The van der Waals surface area contributed by atoms with E-state index in [4.69, 9.17) is 0 Å². The fourth-order valence-corrected chi connectivity index (χ4v) is 3.13. The van der Waals surface area contributed by atoms with Crippen LogP contribution in [-0.4, -0.2) is 16.8 Å². The molecule has 1 fully saturated rings. The molecule has 0 bridgehead atoms. The van der Waals surface area contributed by atoms with Gasteiger partial charge in [0.1, 0.15) is 0 Å². The van der Waals surface area contributed by atoms with Crippen LogP contribution in [-0.2, 0) is 0 Å². The van der Waals surface area contributed by atoms with Crippen molar-refractivity contribution in [3.8, 4) is 0 Å². The van der Waals surface area contributed by atoms with E-state index >= 15 is 0 Å². The molecule has 1 unspecified atom stereocenters. The molecule has 80 valence electrons. The van der Waals surface area contributed by atoms with Gasteiger partial charge in [-0.2, -0.15) is 11.8 Å². The highest BCUT2D eigenvalue weighted by atomic mass is 32.2. The van der Waals surface area contributed by atoms with Crippen LogP contribution < -0.4 is 0 Å². The Morgan fingerprint density at radius 2 is 2.00 bits per heavy atom. The van der Waals surface area contributed by atoms with Gasteiger partial charge in [-0.25, -0.2) is 0 Å². The van der Waals surface area contributed by atoms with E-state index in [-0.39, 0.29) is 5.25 Å². The first-order valence-electron chi connectivity index (χ1n) is 5.50. The van der Waals surface area contributed by atoms with Crippen LogP contribution in [0, 0.1) is 6.92 Å². The Morgan fingerprint density at radius 3 is 2.60 bits per heavy atom. The van der Waals surface area contributed by atoms with Gasteiger partial charge in [-0.05, 0) is 25.5 Å². The predicted molar refractivity (Wildman–Crippen MR) is 65.6 cm³/mol. The normalized spacial score (nSPS) is 21.3. The van der Waals surface area contributed by atoms with Crippen molar-refractivity contribution in [3.05, 3.63) is 35.4 Å². The first-order chi connectivity index (χ1) is 7.27. The van der Waals surface area contributed by atoms with E-state index in [9.17, 15) is 4.79 Å². The van der Waals surface area contributed by atoms with Crippen LogP contribution in [0.15, 0.2) is 24.3 Å². The van der Waals surface area contributed by atoms with Gasteiger partial charge in [-0.3, -0.25) is 4.79 Å². The summed E-state index contributed by atoms with van der Waals surface area (Å²) in [4.78, 5) is 12.1. The first kappa shape index (κ1) is 10.7. The molecular weight excluding hydrogens is 204 g/mol. The van der Waals surface area contributed by atoms with Gasteiger partial charge in [0.05, 0.1) is 5.25 Å². The smallest absolute Gasteiger partial charge is 0.175 e. The molecule has 1 aliphatic heterocycles. The molecule has 0 spiro atoms. The maximum Gasteiger partial charge on any atom is 0.175 e. The molecule has 0 radical (unpaired) electrons. The molecule has 2 heteroatoms. The van der Waals surface area contributed by atoms with Crippen LogP contribution in [0.2, 0.25) is 0 Å². The highest BCUT2D eigenvalue weighted by molar-refractivity contribution is 8.00. The van der Waals surface area contributed by atoms with E-state index in [2.05, 4.69) is 0 Å². The summed E-state index contributed by atoms with van der Waals surface area (Å²) in [5.74, 6) is 1.46. The molecule has 1 aromatic carbocycles. The average molecular weight is 220 g/mol. The van der Waals surface area contributed by atoms with Crippen molar-refractivity contribution in [1.29, 1.82) is 0 Å². The zero-order valence-corrected chi connectivity index (χ0v) is 9.85. The van der Waals surface area contributed by atoms with Crippen LogP contribution in [0.3, 0.4) is 0 Å². The summed E-state index contributed by atoms with van der Waals surface area (Å²) in [6.45, 7) is 2.05. The van der Waals surface area contributed by atoms with Crippen LogP contribution in [0.25, 0.3) is 0 Å². The number of aryl methyl sites for hydroxylation is 1. The Labute approximate surface area is 95.3 Å². The molecule has 2 rings (SSSR count). The maximum atomic E-state index is 12.1. The largest absolute Gasteiger partial charge is 0.293 e. The predicted octanol–water partition coefficient (Wildman–Crippen LogP) is 3.46. The summed E-state index contributed by atoms with van der Waals surface area (Å²) < 4.78 is 0. The van der Waals surface area contributed by atoms with Gasteiger partial charge in [-0.15, -0.1) is 0 Å². The second kappa shape index (κ2) is 4.84. The zero-order chi connectivity index (χ0) is 10.7. The lowest BCUT2D eigenvalue weighted by Crippen LogP contribution is -2.20. The number of carbonyl (C=O) groups excluding carboxylic acids is 1. The Balaban J connectivity index is 2.09. The number of hydrogen-bond donors (Lipinski definition) is 0. The Hall–Kier alpha value is -0.760. The van der Waals surface area contributed by atoms with Crippen LogP contribution in [0.5, 0.6) is 0 Å². The topological polar surface area (TPSA) is 17.1 Å². The van der Waals surface area contributed by atoms with Crippen molar-refractivity contribution in [3.63, 3.8) is 0 Å². The van der Waals surface area contributed by atoms with Gasteiger partial charge in [0.15, 0.2) is 5.78 Å². The van der Waals surface area contributed by atoms with Gasteiger partial charge in [0, 0.05) is 5.56 Å². The molecule has 0 saturated carbocycles. The standard InChI is InChI=1S/C13H16OS/c1-10-5-7-11(8-6-10)13(14)12-4-2-3-9-15-12/h5-8,12H,2-4,9H2,1H3. The number of carbonyl (C=O) groups is 1. The Bertz CT molecular complexity index is 336. The third-order valence-corrected chi connectivity index (χ3v) is 4.18. The summed E-state index contributed by atoms with van der Waals surface area (Å²) in [5.41, 5.74) is 2.09. The molecule has 0 amide bonds. The van der Waals surface area contributed by atoms with E-state index in [0.29, 0.717) is 5.78 Å². The first-order valence-corrected chi connectivity index (χ1v) is 6.55. The van der Waals surface area contributed by atoms with E-state index in [1.807, 2.05) is 43.0 Å². The molecule has 1 heterocycles. The van der Waals surface area contributed by atoms with Crippen LogP contribution in [0.1, 0.15) is 35.2 Å². The quantitative estimate of drug-likeness (QED) is 0.710. The maximum absolute atomic E-state index is 12.1. The van der Waals surface area contributed by atoms with E-state index in [1.165, 1.54) is 18.4 Å². The van der Waals surface area contributed by atoms with Crippen molar-refractivity contribution in [2.24, 2.45) is 0 Å². The minimum absolute atomic E-state index is 0.210. The number of ketones is 1. The fourth-order valence-electron chi connectivity index (χ4n) is 1.85. The molecule has 1 atom stereocenters. The highest BCUT2D eigenvalue weighted by Gasteiger charge is 2.22. The van der Waals surface area contributed by atoms with Gasteiger partial charge in [0.2, 0.25) is 0 Å². The molecule has 0 aliphatic carbocycles. The van der Waals surface area contributed by atoms with E-state index in [0.717, 1.165) is 17.7 Å². The van der Waals surface area contributed by atoms with Gasteiger partial charge >= 0.3 is 0 Å². The molecule has 1 aliphatic rings. The minimum atomic E-state index is 0.210. The van der Waals surface area contributed by atoms with Crippen LogP contribution in [0.4, 0.5) is 0 Å². The van der Waals surface area contributed by atoms with Crippen molar-refractivity contribution in [2.45, 2.75) is 31.4 Å². The molecule has 0 aromatic heterocycles. The number of Topliss-reactive ketones (excluding diaryl/α,β-unsaturated/α-hetero) is 1. The summed E-state index contributed by atoms with van der Waals surface area (Å²) in [5, 5.41) is 0.210. The van der Waals surface area contributed by atoms with Crippen molar-refractivity contribution in [2.75, 3.05) is 5.75 Å². The molecular formula is C13H16OS. The van der Waals surface area contributed by atoms with Crippen molar-refractivity contribution < 1.29 is 4.79 Å². The average Bonchev–Trinajstić information content (AvgIpc) is 2.30. The van der Waals surface area contributed by atoms with E-state index in [1.54, 1.807) is 0 Å². The highest BCUT2D eigenvalue weighted by Crippen LogP contribution is 2.27. The molecule has 1 nitrogen and oxygen atoms in total. The summed E-state index contributed by atoms with van der Waals surface area (Å²) in [6.07, 6.45) is 3.52. The monoisotopic (exact) mass is 220 g/mol. The lowest BCUT2D eigenvalue weighted by atomic mass is 10.0. The lowest BCUT2D eigenvalue weighted by molar-refractivity contribution is 0.0985. The molecule has 15 heavy (non-hydrogen) atoms. The lowest BCUT2D eigenvalue weighted by Gasteiger charge is -2.19. The van der Waals surface area contributed by atoms with Crippen molar-refractivity contribution in [1.82, 2.24) is 0 Å². The second-order valence-corrected chi connectivity index (χ2v) is 5.40. The second-order valence-electron chi connectivity index (χ2n) is 4.09.